The lowest BCUT2D eigenvalue weighted by Gasteiger charge is -2.44. The normalized spacial score (nSPS) is 19.0. The van der Waals surface area contributed by atoms with E-state index in [0.29, 0.717) is 22.3 Å². The van der Waals surface area contributed by atoms with Gasteiger partial charge in [0.15, 0.2) is 6.10 Å². The molecule has 2 aromatic carbocycles. The number of benzene rings is 2. The number of carbonyl (C=O) groups is 1. The number of aromatic nitrogens is 4. The number of carbonyl (C=O) groups excluding carboxylic acids is 1. The maximum atomic E-state index is 14.9. The number of aliphatic hydroxyl groups excluding tert-OH is 1. The molecule has 7 nitrogen and oxygen atoms in total. The number of imidazole rings is 1. The van der Waals surface area contributed by atoms with Gasteiger partial charge in [-0.1, -0.05) is 0 Å². The van der Waals surface area contributed by atoms with Crippen LogP contribution >= 0.6 is 0 Å². The van der Waals surface area contributed by atoms with Gasteiger partial charge in [0.25, 0.3) is 5.91 Å². The molecule has 2 aromatic heterocycles. The summed E-state index contributed by atoms with van der Waals surface area (Å²) in [6.07, 6.45) is 3.12. The Balaban J connectivity index is 1.57. The summed E-state index contributed by atoms with van der Waals surface area (Å²) in [7, 11) is 1.70. The van der Waals surface area contributed by atoms with Gasteiger partial charge >= 0.3 is 0 Å². The molecule has 146 valence electrons. The van der Waals surface area contributed by atoms with Crippen LogP contribution in [0.1, 0.15) is 11.6 Å². The lowest BCUT2D eigenvalue weighted by molar-refractivity contribution is -0.137. The summed E-state index contributed by atoms with van der Waals surface area (Å²) < 4.78 is 31.4. The number of β-lactam (4-membered cyclic amide) rings is 1. The van der Waals surface area contributed by atoms with Crippen LogP contribution < -0.4 is 4.90 Å². The molecule has 4 aromatic rings. The Bertz CT molecular complexity index is 1240. The van der Waals surface area contributed by atoms with Crippen LogP contribution in [0.5, 0.6) is 0 Å². The van der Waals surface area contributed by atoms with Crippen LogP contribution in [0, 0.1) is 11.6 Å². The summed E-state index contributed by atoms with van der Waals surface area (Å²) in [6, 6.07) is 6.17. The second-order valence-electron chi connectivity index (χ2n) is 6.96. The number of nitrogens with zero attached hydrogens (tertiary/aromatic N) is 4. The fourth-order valence-electron chi connectivity index (χ4n) is 3.72. The van der Waals surface area contributed by atoms with Crippen molar-refractivity contribution in [1.82, 2.24) is 19.7 Å². The van der Waals surface area contributed by atoms with Gasteiger partial charge in [-0.05, 0) is 35.9 Å². The number of hydrogen-bond acceptors (Lipinski definition) is 4. The highest BCUT2D eigenvalue weighted by Crippen LogP contribution is 2.42. The number of aromatic amines is 1. The van der Waals surface area contributed by atoms with Crippen molar-refractivity contribution in [2.24, 2.45) is 7.05 Å². The fraction of sp³-hybridized carbons (Fsp3) is 0.150. The van der Waals surface area contributed by atoms with Gasteiger partial charge in [-0.3, -0.25) is 14.4 Å². The third-order valence-electron chi connectivity index (χ3n) is 5.16. The van der Waals surface area contributed by atoms with Gasteiger partial charge in [0.1, 0.15) is 17.7 Å². The van der Waals surface area contributed by atoms with Gasteiger partial charge in [-0.2, -0.15) is 5.10 Å². The Morgan fingerprint density at radius 2 is 1.90 bits per heavy atom. The van der Waals surface area contributed by atoms with Gasteiger partial charge in [-0.15, -0.1) is 0 Å². The van der Waals surface area contributed by atoms with E-state index < -0.39 is 29.7 Å². The van der Waals surface area contributed by atoms with E-state index in [1.165, 1.54) is 34.2 Å². The summed E-state index contributed by atoms with van der Waals surface area (Å²) in [4.78, 5) is 20.6. The number of anilines is 1. The zero-order valence-corrected chi connectivity index (χ0v) is 15.2. The van der Waals surface area contributed by atoms with Crippen LogP contribution in [-0.4, -0.2) is 36.9 Å². The molecule has 3 heterocycles. The van der Waals surface area contributed by atoms with Gasteiger partial charge in [-0.25, -0.2) is 13.8 Å². The minimum Gasteiger partial charge on any atom is -0.381 e. The number of halogens is 2. The van der Waals surface area contributed by atoms with Crippen LogP contribution in [0.2, 0.25) is 0 Å². The molecule has 0 aliphatic carbocycles. The third-order valence-corrected chi connectivity index (χ3v) is 5.16. The molecule has 5 rings (SSSR count). The molecule has 1 aliphatic rings. The third kappa shape index (κ3) is 2.62. The Labute approximate surface area is 163 Å². The van der Waals surface area contributed by atoms with Gasteiger partial charge in [0.05, 0.1) is 23.6 Å². The first kappa shape index (κ1) is 17.5. The smallest absolute Gasteiger partial charge is 0.259 e. The monoisotopic (exact) mass is 395 g/mol. The van der Waals surface area contributed by atoms with Gasteiger partial charge in [0, 0.05) is 30.1 Å². The van der Waals surface area contributed by atoms with Crippen LogP contribution in [0.25, 0.3) is 22.2 Å². The molecule has 9 heteroatoms. The molecule has 1 aliphatic heterocycles. The highest BCUT2D eigenvalue weighted by molar-refractivity contribution is 6.05. The van der Waals surface area contributed by atoms with E-state index >= 15 is 0 Å². The minimum absolute atomic E-state index is 0.321. The summed E-state index contributed by atoms with van der Waals surface area (Å²) in [6.45, 7) is 0. The van der Waals surface area contributed by atoms with E-state index in [4.69, 9.17) is 0 Å². The zero-order chi connectivity index (χ0) is 20.3. The standard InChI is InChI=1S/C20H15F2N5O2/c1-26-8-11(7-25-26)10-4-13(21)17(14(22)5-10)18-19(28)20(29)27(18)12-2-3-15-16(6-12)24-9-23-15/h2-9,18-19,28H,1H3,(H,23,24)/t18-,19-/m0/s1. The molecule has 1 fully saturated rings. The zero-order valence-electron chi connectivity index (χ0n) is 15.2. The largest absolute Gasteiger partial charge is 0.381 e. The summed E-state index contributed by atoms with van der Waals surface area (Å²) in [5.41, 5.74) is 2.29. The molecule has 1 amide bonds. The van der Waals surface area contributed by atoms with E-state index in [0.717, 1.165) is 5.52 Å². The van der Waals surface area contributed by atoms with Crippen LogP contribution in [0.3, 0.4) is 0 Å². The molecular weight excluding hydrogens is 380 g/mol. The number of hydrogen-bond donors (Lipinski definition) is 2. The first-order chi connectivity index (χ1) is 13.9. The molecule has 0 spiro atoms. The molecule has 29 heavy (non-hydrogen) atoms. The van der Waals surface area contributed by atoms with Crippen molar-refractivity contribution in [2.45, 2.75) is 12.1 Å². The minimum atomic E-state index is -1.53. The van der Waals surface area contributed by atoms with Crippen molar-refractivity contribution >= 4 is 22.6 Å². The van der Waals surface area contributed by atoms with E-state index in [1.807, 2.05) is 0 Å². The summed E-state index contributed by atoms with van der Waals surface area (Å²) in [5, 5.41) is 14.2. The van der Waals surface area contributed by atoms with Crippen molar-refractivity contribution in [3.8, 4) is 11.1 Å². The molecule has 0 radical (unpaired) electrons. The predicted octanol–water partition coefficient (Wildman–Crippen LogP) is 2.69. The van der Waals surface area contributed by atoms with E-state index in [-0.39, 0.29) is 5.56 Å². The van der Waals surface area contributed by atoms with Crippen molar-refractivity contribution in [3.63, 3.8) is 0 Å². The SMILES string of the molecule is Cn1cc(-c2cc(F)c([C@H]3[C@H](O)C(=O)N3c3ccc4[nH]cnc4c3)c(F)c2)cn1. The van der Waals surface area contributed by atoms with Crippen molar-refractivity contribution in [3.05, 3.63) is 66.3 Å². The molecule has 0 unspecified atom stereocenters. The second kappa shape index (κ2) is 6.21. The summed E-state index contributed by atoms with van der Waals surface area (Å²) in [5.74, 6) is -2.31. The molecule has 0 saturated carbocycles. The highest BCUT2D eigenvalue weighted by atomic mass is 19.1. The molecule has 1 saturated heterocycles. The second-order valence-corrected chi connectivity index (χ2v) is 6.96. The maximum absolute atomic E-state index is 14.9. The lowest BCUT2D eigenvalue weighted by atomic mass is 9.88. The Morgan fingerprint density at radius 3 is 2.59 bits per heavy atom. The number of rotatable bonds is 3. The molecular formula is C20H15F2N5O2. The fourth-order valence-corrected chi connectivity index (χ4v) is 3.72. The number of H-pyrrole nitrogens is 1. The number of fused-ring (bicyclic) bond motifs is 1. The number of aliphatic hydroxyl groups is 1. The number of amides is 1. The van der Waals surface area contributed by atoms with Gasteiger partial charge in [0.2, 0.25) is 0 Å². The van der Waals surface area contributed by atoms with E-state index in [1.54, 1.807) is 31.4 Å². The average Bonchev–Trinajstić information content (AvgIpc) is 3.34. The predicted molar refractivity (Wildman–Crippen MR) is 101 cm³/mol. The van der Waals surface area contributed by atoms with Crippen LogP contribution in [-0.2, 0) is 11.8 Å². The first-order valence-corrected chi connectivity index (χ1v) is 8.86. The van der Waals surface area contributed by atoms with E-state index in [9.17, 15) is 18.7 Å². The Morgan fingerprint density at radius 1 is 1.14 bits per heavy atom. The first-order valence-electron chi connectivity index (χ1n) is 8.86. The quantitative estimate of drug-likeness (QED) is 0.522. The van der Waals surface area contributed by atoms with Crippen LogP contribution in [0.15, 0.2) is 49.1 Å². The van der Waals surface area contributed by atoms with Crippen LogP contribution in [0.4, 0.5) is 14.5 Å². The van der Waals surface area contributed by atoms with Crippen molar-refractivity contribution in [2.75, 3.05) is 4.90 Å². The molecule has 2 N–H and O–H groups in total. The molecule has 0 bridgehead atoms. The highest BCUT2D eigenvalue weighted by Gasteiger charge is 2.50. The van der Waals surface area contributed by atoms with Crippen molar-refractivity contribution < 1.29 is 18.7 Å². The van der Waals surface area contributed by atoms with E-state index in [2.05, 4.69) is 15.1 Å². The average molecular weight is 395 g/mol. The Hall–Kier alpha value is -3.59. The summed E-state index contributed by atoms with van der Waals surface area (Å²) >= 11 is 0. The lowest BCUT2D eigenvalue weighted by Crippen LogP contribution is -2.59. The number of nitrogens with one attached hydrogen (secondary N) is 1. The molecule has 2 atom stereocenters. The van der Waals surface area contributed by atoms with Gasteiger partial charge < -0.3 is 10.1 Å². The maximum Gasteiger partial charge on any atom is 0.259 e. The topological polar surface area (TPSA) is 87.0 Å². The number of aryl methyl sites for hydroxylation is 1. The van der Waals surface area contributed by atoms with Crippen molar-refractivity contribution in [1.29, 1.82) is 0 Å². The Kier molecular flexibility index (Phi) is 3.75.